The first kappa shape index (κ1) is 12.1. The van der Waals surface area contributed by atoms with Gasteiger partial charge in [-0.15, -0.1) is 0 Å². The van der Waals surface area contributed by atoms with Crippen molar-refractivity contribution in [3.8, 4) is 6.07 Å². The van der Waals surface area contributed by atoms with Crippen LogP contribution in [0.5, 0.6) is 0 Å². The molecule has 0 fully saturated rings. The largest absolute Gasteiger partial charge is 0.358 e. The Morgan fingerprint density at radius 3 is 2.88 bits per heavy atom. The van der Waals surface area contributed by atoms with E-state index in [1.807, 2.05) is 6.07 Å². The van der Waals surface area contributed by atoms with E-state index in [0.29, 0.717) is 5.56 Å². The molecule has 0 aromatic heterocycles. The molecule has 2 N–H and O–H groups in total. The fourth-order valence-corrected chi connectivity index (χ4v) is 1.16. The zero-order valence-electron chi connectivity index (χ0n) is 8.88. The molecule has 16 heavy (non-hydrogen) atoms. The summed E-state index contributed by atoms with van der Waals surface area (Å²) >= 11 is 0. The number of hydrogen-bond acceptors (Lipinski definition) is 3. The second-order valence-electron chi connectivity index (χ2n) is 3.19. The molecule has 84 valence electrons. The lowest BCUT2D eigenvalue weighted by atomic mass is 10.1. The summed E-state index contributed by atoms with van der Waals surface area (Å²) < 4.78 is 13.4. The Labute approximate surface area is 93.1 Å². The number of nitrogens with zero attached hydrogens (tertiary/aromatic N) is 1. The summed E-state index contributed by atoms with van der Waals surface area (Å²) in [6.45, 7) is 0.390. The molecule has 0 unspecified atom stereocenters. The third-order valence-corrected chi connectivity index (χ3v) is 2.06. The number of carbonyl (C=O) groups excluding carboxylic acids is 1. The number of hydrogen-bond donors (Lipinski definition) is 2. The van der Waals surface area contributed by atoms with E-state index in [-0.39, 0.29) is 24.6 Å². The topological polar surface area (TPSA) is 64.9 Å². The van der Waals surface area contributed by atoms with Gasteiger partial charge in [-0.05, 0) is 12.1 Å². The highest BCUT2D eigenvalue weighted by atomic mass is 19.1. The zero-order valence-corrected chi connectivity index (χ0v) is 8.88. The number of carbonyl (C=O) groups is 1. The molecule has 0 heterocycles. The third-order valence-electron chi connectivity index (χ3n) is 2.06. The van der Waals surface area contributed by atoms with E-state index in [4.69, 9.17) is 5.26 Å². The van der Waals surface area contributed by atoms with Gasteiger partial charge in [-0.25, -0.2) is 4.39 Å². The van der Waals surface area contributed by atoms with Crippen LogP contribution >= 0.6 is 0 Å². The average Bonchev–Trinajstić information content (AvgIpc) is 2.30. The van der Waals surface area contributed by atoms with Crippen molar-refractivity contribution < 1.29 is 9.18 Å². The van der Waals surface area contributed by atoms with Crippen molar-refractivity contribution >= 4 is 5.91 Å². The van der Waals surface area contributed by atoms with E-state index >= 15 is 0 Å². The van der Waals surface area contributed by atoms with E-state index < -0.39 is 5.82 Å². The first-order valence-corrected chi connectivity index (χ1v) is 4.77. The second-order valence-corrected chi connectivity index (χ2v) is 3.19. The van der Waals surface area contributed by atoms with Crippen LogP contribution in [0.3, 0.4) is 0 Å². The Morgan fingerprint density at radius 1 is 1.56 bits per heavy atom. The molecule has 0 saturated heterocycles. The summed E-state index contributed by atoms with van der Waals surface area (Å²) in [5.74, 6) is -0.600. The lowest BCUT2D eigenvalue weighted by Gasteiger charge is -2.05. The maximum Gasteiger partial charge on any atom is 0.233 e. The summed E-state index contributed by atoms with van der Waals surface area (Å²) in [7, 11) is 1.53. The van der Waals surface area contributed by atoms with Crippen molar-refractivity contribution in [1.29, 1.82) is 5.26 Å². The quantitative estimate of drug-likeness (QED) is 0.779. The molecule has 0 aliphatic heterocycles. The molecule has 0 atom stereocenters. The molecule has 4 nitrogen and oxygen atoms in total. The van der Waals surface area contributed by atoms with Crippen molar-refractivity contribution in [3.63, 3.8) is 0 Å². The maximum absolute atomic E-state index is 13.4. The Morgan fingerprint density at radius 2 is 2.31 bits per heavy atom. The second kappa shape index (κ2) is 5.83. The van der Waals surface area contributed by atoms with Crippen molar-refractivity contribution in [3.05, 3.63) is 35.1 Å². The van der Waals surface area contributed by atoms with Gasteiger partial charge in [0.1, 0.15) is 5.82 Å². The SMILES string of the molecule is CNC(=O)CNCc1ccc(C#N)cc1F. The number of amides is 1. The molecule has 0 aliphatic carbocycles. The fourth-order valence-electron chi connectivity index (χ4n) is 1.16. The predicted octanol–water partition coefficient (Wildman–Crippen LogP) is 0.533. The van der Waals surface area contributed by atoms with Crippen LogP contribution in [0.25, 0.3) is 0 Å². The number of benzene rings is 1. The van der Waals surface area contributed by atoms with Crippen LogP contribution in [-0.2, 0) is 11.3 Å². The highest BCUT2D eigenvalue weighted by Crippen LogP contribution is 2.09. The molecule has 1 rings (SSSR count). The van der Waals surface area contributed by atoms with Gasteiger partial charge in [-0.2, -0.15) is 5.26 Å². The van der Waals surface area contributed by atoms with Gasteiger partial charge in [0.05, 0.1) is 18.2 Å². The van der Waals surface area contributed by atoms with Crippen molar-refractivity contribution in [2.75, 3.05) is 13.6 Å². The summed E-state index contributed by atoms with van der Waals surface area (Å²) in [4.78, 5) is 10.9. The third kappa shape index (κ3) is 3.33. The summed E-state index contributed by atoms with van der Waals surface area (Å²) in [5, 5.41) is 13.8. The highest BCUT2D eigenvalue weighted by molar-refractivity contribution is 5.77. The first-order valence-electron chi connectivity index (χ1n) is 4.77. The van der Waals surface area contributed by atoms with E-state index in [9.17, 15) is 9.18 Å². The number of nitrogens with one attached hydrogen (secondary N) is 2. The molecule has 0 radical (unpaired) electrons. The Balaban J connectivity index is 2.55. The van der Waals surface area contributed by atoms with Crippen LogP contribution in [-0.4, -0.2) is 19.5 Å². The smallest absolute Gasteiger partial charge is 0.233 e. The molecule has 0 bridgehead atoms. The van der Waals surface area contributed by atoms with Crippen LogP contribution in [0.2, 0.25) is 0 Å². The molecule has 0 spiro atoms. The van der Waals surface area contributed by atoms with E-state index in [0.717, 1.165) is 0 Å². The number of halogens is 1. The van der Waals surface area contributed by atoms with Crippen LogP contribution in [0, 0.1) is 17.1 Å². The first-order chi connectivity index (χ1) is 7.67. The van der Waals surface area contributed by atoms with Gasteiger partial charge in [0.25, 0.3) is 0 Å². The minimum atomic E-state index is -0.441. The molecule has 5 heteroatoms. The Bertz CT molecular complexity index is 426. The van der Waals surface area contributed by atoms with Gasteiger partial charge in [-0.3, -0.25) is 4.79 Å². The summed E-state index contributed by atoms with van der Waals surface area (Å²) in [5.41, 5.74) is 0.718. The lowest BCUT2D eigenvalue weighted by molar-refractivity contribution is -0.119. The van der Waals surface area contributed by atoms with Crippen molar-refractivity contribution in [1.82, 2.24) is 10.6 Å². The van der Waals surface area contributed by atoms with Crippen LogP contribution in [0.15, 0.2) is 18.2 Å². The average molecular weight is 221 g/mol. The van der Waals surface area contributed by atoms with E-state index in [2.05, 4.69) is 10.6 Å². The summed E-state index contributed by atoms with van der Waals surface area (Å²) in [6, 6.07) is 6.11. The Kier molecular flexibility index (Phi) is 4.42. The van der Waals surface area contributed by atoms with Crippen LogP contribution < -0.4 is 10.6 Å². The maximum atomic E-state index is 13.4. The molecule has 1 aromatic rings. The molecular formula is C11H12FN3O. The molecular weight excluding hydrogens is 209 g/mol. The number of nitriles is 1. The molecule has 1 amide bonds. The molecule has 0 saturated carbocycles. The van der Waals surface area contributed by atoms with Gasteiger partial charge < -0.3 is 10.6 Å². The predicted molar refractivity (Wildman–Crippen MR) is 56.9 cm³/mol. The normalized spacial score (nSPS) is 9.56. The van der Waals surface area contributed by atoms with Gasteiger partial charge in [0, 0.05) is 19.2 Å². The van der Waals surface area contributed by atoms with Crippen molar-refractivity contribution in [2.24, 2.45) is 0 Å². The molecule has 1 aromatic carbocycles. The van der Waals surface area contributed by atoms with E-state index in [1.54, 1.807) is 6.07 Å². The van der Waals surface area contributed by atoms with Gasteiger partial charge in [0.2, 0.25) is 5.91 Å². The van der Waals surface area contributed by atoms with Crippen LogP contribution in [0.4, 0.5) is 4.39 Å². The number of likely N-dealkylation sites (N-methyl/N-ethyl adjacent to an activating group) is 1. The monoisotopic (exact) mass is 221 g/mol. The minimum absolute atomic E-state index is 0.135. The standard InChI is InChI=1S/C11H12FN3O/c1-14-11(16)7-15-6-9-3-2-8(5-13)4-10(9)12/h2-4,15H,6-7H2,1H3,(H,14,16). The fraction of sp³-hybridized carbons (Fsp3) is 0.273. The van der Waals surface area contributed by atoms with Gasteiger partial charge in [-0.1, -0.05) is 6.07 Å². The van der Waals surface area contributed by atoms with Gasteiger partial charge in [0.15, 0.2) is 0 Å². The minimum Gasteiger partial charge on any atom is -0.358 e. The van der Waals surface area contributed by atoms with Gasteiger partial charge >= 0.3 is 0 Å². The van der Waals surface area contributed by atoms with E-state index in [1.165, 1.54) is 19.2 Å². The number of rotatable bonds is 4. The van der Waals surface area contributed by atoms with Crippen molar-refractivity contribution in [2.45, 2.75) is 6.54 Å². The zero-order chi connectivity index (χ0) is 12.0. The lowest BCUT2D eigenvalue weighted by Crippen LogP contribution is -2.31. The highest BCUT2D eigenvalue weighted by Gasteiger charge is 2.04. The summed E-state index contributed by atoms with van der Waals surface area (Å²) in [6.07, 6.45) is 0. The molecule has 0 aliphatic rings. The Hall–Kier alpha value is -1.93. The van der Waals surface area contributed by atoms with Crippen LogP contribution in [0.1, 0.15) is 11.1 Å².